The predicted molar refractivity (Wildman–Crippen MR) is 85.3 cm³/mol. The summed E-state index contributed by atoms with van der Waals surface area (Å²) in [7, 11) is 0. The molecule has 1 saturated carbocycles. The molecule has 2 aliphatic rings. The van der Waals surface area contributed by atoms with Crippen LogP contribution in [0.2, 0.25) is 0 Å². The van der Waals surface area contributed by atoms with Gasteiger partial charge in [0.25, 0.3) is 0 Å². The summed E-state index contributed by atoms with van der Waals surface area (Å²) < 4.78 is 6.20. The SMILES string of the molecule is CC(C)(C)OC(=O)N1CC2CC1C(O)(c1ccc(Br)nc1)C2. The molecule has 2 heterocycles. The van der Waals surface area contributed by atoms with Crippen molar-refractivity contribution in [3.05, 3.63) is 28.5 Å². The largest absolute Gasteiger partial charge is 0.444 e. The number of aliphatic hydroxyl groups is 1. The Labute approximate surface area is 138 Å². The number of fused-ring (bicyclic) bond motifs is 2. The molecule has 3 atom stereocenters. The number of halogens is 1. The van der Waals surface area contributed by atoms with E-state index in [-0.39, 0.29) is 12.1 Å². The highest BCUT2D eigenvalue weighted by Crippen LogP contribution is 2.50. The van der Waals surface area contributed by atoms with E-state index in [0.717, 1.165) is 16.6 Å². The van der Waals surface area contributed by atoms with Crippen molar-refractivity contribution in [1.82, 2.24) is 9.88 Å². The van der Waals surface area contributed by atoms with E-state index in [4.69, 9.17) is 4.74 Å². The highest BCUT2D eigenvalue weighted by molar-refractivity contribution is 9.10. The van der Waals surface area contributed by atoms with Crippen LogP contribution in [0, 0.1) is 5.92 Å². The van der Waals surface area contributed by atoms with Crippen LogP contribution in [0.15, 0.2) is 22.9 Å². The van der Waals surface area contributed by atoms with Crippen molar-refractivity contribution in [2.24, 2.45) is 5.92 Å². The number of carbonyl (C=O) groups excluding carboxylic acids is 1. The van der Waals surface area contributed by atoms with Crippen LogP contribution in [0.25, 0.3) is 0 Å². The first-order valence-corrected chi connectivity index (χ1v) is 8.32. The minimum absolute atomic E-state index is 0.240. The number of piperidine rings is 1. The minimum Gasteiger partial charge on any atom is -0.444 e. The van der Waals surface area contributed by atoms with Gasteiger partial charge in [-0.2, -0.15) is 0 Å². The smallest absolute Gasteiger partial charge is 0.410 e. The molecule has 2 fully saturated rings. The Hall–Kier alpha value is -1.14. The molecule has 6 heteroatoms. The fourth-order valence-corrected chi connectivity index (χ4v) is 3.80. The lowest BCUT2D eigenvalue weighted by Crippen LogP contribution is -2.52. The molecule has 1 aliphatic heterocycles. The maximum absolute atomic E-state index is 12.4. The molecule has 1 aromatic rings. The number of carbonyl (C=O) groups is 1. The maximum atomic E-state index is 12.4. The lowest BCUT2D eigenvalue weighted by atomic mass is 9.86. The molecule has 5 nitrogen and oxygen atoms in total. The monoisotopic (exact) mass is 368 g/mol. The number of rotatable bonds is 1. The Morgan fingerprint density at radius 3 is 2.77 bits per heavy atom. The van der Waals surface area contributed by atoms with Gasteiger partial charge in [-0.1, -0.05) is 6.07 Å². The van der Waals surface area contributed by atoms with Crippen molar-refractivity contribution in [3.63, 3.8) is 0 Å². The summed E-state index contributed by atoms with van der Waals surface area (Å²) in [5, 5.41) is 11.2. The predicted octanol–water partition coefficient (Wildman–Crippen LogP) is 3.06. The summed E-state index contributed by atoms with van der Waals surface area (Å²) in [6, 6.07) is 3.44. The van der Waals surface area contributed by atoms with Gasteiger partial charge in [0.1, 0.15) is 15.8 Å². The van der Waals surface area contributed by atoms with E-state index in [1.807, 2.05) is 32.9 Å². The third-order valence-electron chi connectivity index (χ3n) is 4.39. The van der Waals surface area contributed by atoms with E-state index in [0.29, 0.717) is 18.9 Å². The van der Waals surface area contributed by atoms with Crippen molar-refractivity contribution in [1.29, 1.82) is 0 Å². The molecule has 1 aliphatic carbocycles. The molecule has 120 valence electrons. The molecule has 1 amide bonds. The van der Waals surface area contributed by atoms with Gasteiger partial charge in [0.05, 0.1) is 6.04 Å². The van der Waals surface area contributed by atoms with Gasteiger partial charge in [-0.25, -0.2) is 9.78 Å². The van der Waals surface area contributed by atoms with Gasteiger partial charge < -0.3 is 14.7 Å². The first-order chi connectivity index (χ1) is 10.2. The quantitative estimate of drug-likeness (QED) is 0.773. The Morgan fingerprint density at radius 1 is 1.50 bits per heavy atom. The molecule has 1 aromatic heterocycles. The summed E-state index contributed by atoms with van der Waals surface area (Å²) in [6.07, 6.45) is 2.81. The summed E-state index contributed by atoms with van der Waals surface area (Å²) in [6.45, 7) is 6.21. The number of pyridine rings is 1. The van der Waals surface area contributed by atoms with Crippen molar-refractivity contribution in [2.75, 3.05) is 6.54 Å². The van der Waals surface area contributed by atoms with Gasteiger partial charge in [0.2, 0.25) is 0 Å². The average Bonchev–Trinajstić information content (AvgIpc) is 2.95. The molecule has 1 saturated heterocycles. The maximum Gasteiger partial charge on any atom is 0.410 e. The van der Waals surface area contributed by atoms with Gasteiger partial charge in [-0.05, 0) is 61.5 Å². The van der Waals surface area contributed by atoms with Crippen LogP contribution >= 0.6 is 15.9 Å². The van der Waals surface area contributed by atoms with E-state index < -0.39 is 11.2 Å². The molecular formula is C16H21BrN2O3. The third-order valence-corrected chi connectivity index (χ3v) is 4.86. The molecular weight excluding hydrogens is 348 g/mol. The zero-order valence-corrected chi connectivity index (χ0v) is 14.6. The van der Waals surface area contributed by atoms with Crippen molar-refractivity contribution < 1.29 is 14.6 Å². The van der Waals surface area contributed by atoms with Gasteiger partial charge in [0, 0.05) is 18.3 Å². The molecule has 22 heavy (non-hydrogen) atoms. The number of amides is 1. The second-order valence-electron chi connectivity index (χ2n) is 7.25. The summed E-state index contributed by atoms with van der Waals surface area (Å²) >= 11 is 3.30. The lowest BCUT2D eigenvalue weighted by Gasteiger charge is -2.40. The van der Waals surface area contributed by atoms with Crippen LogP contribution in [-0.2, 0) is 10.3 Å². The fraction of sp³-hybridized carbons (Fsp3) is 0.625. The second kappa shape index (κ2) is 5.20. The minimum atomic E-state index is -1.03. The van der Waals surface area contributed by atoms with E-state index in [1.54, 1.807) is 11.1 Å². The zero-order chi connectivity index (χ0) is 16.1. The Bertz CT molecular complexity index is 584. The molecule has 1 N–H and O–H groups in total. The number of hydrogen-bond donors (Lipinski definition) is 1. The highest BCUT2D eigenvalue weighted by atomic mass is 79.9. The molecule has 2 bridgehead atoms. The van der Waals surface area contributed by atoms with E-state index in [1.165, 1.54) is 0 Å². The van der Waals surface area contributed by atoms with E-state index >= 15 is 0 Å². The van der Waals surface area contributed by atoms with E-state index in [9.17, 15) is 9.90 Å². The molecule has 0 spiro atoms. The topological polar surface area (TPSA) is 62.7 Å². The lowest BCUT2D eigenvalue weighted by molar-refractivity contribution is -0.0574. The fourth-order valence-electron chi connectivity index (χ4n) is 3.56. The number of likely N-dealkylation sites (tertiary alicyclic amines) is 1. The normalized spacial score (nSPS) is 30.7. The van der Waals surface area contributed by atoms with Crippen LogP contribution in [0.1, 0.15) is 39.2 Å². The second-order valence-corrected chi connectivity index (χ2v) is 8.06. The summed E-state index contributed by atoms with van der Waals surface area (Å²) in [5.41, 5.74) is -0.805. The van der Waals surface area contributed by atoms with Crippen LogP contribution in [0.4, 0.5) is 4.79 Å². The molecule has 3 unspecified atom stereocenters. The highest BCUT2D eigenvalue weighted by Gasteiger charge is 2.57. The summed E-state index contributed by atoms with van der Waals surface area (Å²) in [5.74, 6) is 0.311. The zero-order valence-electron chi connectivity index (χ0n) is 13.0. The van der Waals surface area contributed by atoms with Crippen molar-refractivity contribution >= 4 is 22.0 Å². The van der Waals surface area contributed by atoms with Crippen LogP contribution in [0.3, 0.4) is 0 Å². The molecule has 0 radical (unpaired) electrons. The molecule has 0 aromatic carbocycles. The van der Waals surface area contributed by atoms with Crippen molar-refractivity contribution in [3.8, 4) is 0 Å². The number of aromatic nitrogens is 1. The van der Waals surface area contributed by atoms with Gasteiger partial charge in [0.15, 0.2) is 0 Å². The number of nitrogens with zero attached hydrogens (tertiary/aromatic N) is 2. The van der Waals surface area contributed by atoms with Crippen LogP contribution < -0.4 is 0 Å². The number of hydrogen-bond acceptors (Lipinski definition) is 4. The van der Waals surface area contributed by atoms with Gasteiger partial charge in [-0.3, -0.25) is 0 Å². The first-order valence-electron chi connectivity index (χ1n) is 7.53. The third kappa shape index (κ3) is 2.74. The number of ether oxygens (including phenoxy) is 1. The first kappa shape index (κ1) is 15.7. The van der Waals surface area contributed by atoms with Crippen LogP contribution in [-0.4, -0.2) is 39.3 Å². The Morgan fingerprint density at radius 2 is 2.23 bits per heavy atom. The van der Waals surface area contributed by atoms with Gasteiger partial charge in [-0.15, -0.1) is 0 Å². The van der Waals surface area contributed by atoms with E-state index in [2.05, 4.69) is 20.9 Å². The Kier molecular flexibility index (Phi) is 3.72. The van der Waals surface area contributed by atoms with Gasteiger partial charge >= 0.3 is 6.09 Å². The Balaban J connectivity index is 1.84. The van der Waals surface area contributed by atoms with Crippen molar-refractivity contribution in [2.45, 2.75) is 50.9 Å². The summed E-state index contributed by atoms with van der Waals surface area (Å²) in [4.78, 5) is 18.3. The van der Waals surface area contributed by atoms with Crippen LogP contribution in [0.5, 0.6) is 0 Å². The average molecular weight is 369 g/mol. The standard InChI is InChI=1S/C16H21BrN2O3/c1-15(2,3)22-14(20)19-9-10-6-12(19)16(21,7-10)11-4-5-13(17)18-8-11/h4-5,8,10,12,21H,6-7,9H2,1-3H3. The molecule has 3 rings (SSSR count).